The monoisotopic (exact) mass is 220 g/mol. The van der Waals surface area contributed by atoms with Gasteiger partial charge in [-0.25, -0.2) is 0 Å². The predicted molar refractivity (Wildman–Crippen MR) is 62.9 cm³/mol. The summed E-state index contributed by atoms with van der Waals surface area (Å²) in [4.78, 5) is 15.2. The Morgan fingerprint density at radius 2 is 2.40 bits per heavy atom. The molecule has 78 valence electrons. The first-order valence-electron chi connectivity index (χ1n) is 4.77. The van der Waals surface area contributed by atoms with E-state index < -0.39 is 0 Å². The van der Waals surface area contributed by atoms with Crippen LogP contribution in [0, 0.1) is 6.92 Å². The molecule has 1 aromatic rings. The van der Waals surface area contributed by atoms with E-state index in [2.05, 4.69) is 29.4 Å². The molecular formula is C11H12N2OS. The van der Waals surface area contributed by atoms with E-state index >= 15 is 0 Å². The molecule has 0 unspecified atom stereocenters. The van der Waals surface area contributed by atoms with Gasteiger partial charge in [-0.2, -0.15) is 0 Å². The lowest BCUT2D eigenvalue weighted by Crippen LogP contribution is -2.20. The first-order valence-corrected chi connectivity index (χ1v) is 5.75. The molecule has 15 heavy (non-hydrogen) atoms. The Morgan fingerprint density at radius 1 is 1.53 bits per heavy atom. The lowest BCUT2D eigenvalue weighted by molar-refractivity contribution is -0.116. The SMILES string of the molecule is Cc1cccc(CN=C2NC(=O)CS2)c1. The van der Waals surface area contributed by atoms with Gasteiger partial charge in [0.25, 0.3) is 0 Å². The van der Waals surface area contributed by atoms with Gasteiger partial charge >= 0.3 is 0 Å². The molecule has 1 N–H and O–H groups in total. The van der Waals surface area contributed by atoms with Crippen LogP contribution >= 0.6 is 11.8 Å². The summed E-state index contributed by atoms with van der Waals surface area (Å²) in [5.74, 6) is 0.537. The molecule has 0 radical (unpaired) electrons. The van der Waals surface area contributed by atoms with E-state index in [4.69, 9.17) is 0 Å². The Balaban J connectivity index is 2.01. The normalized spacial score (nSPS) is 18.2. The summed E-state index contributed by atoms with van der Waals surface area (Å²) in [5, 5.41) is 3.45. The zero-order valence-corrected chi connectivity index (χ0v) is 9.30. The van der Waals surface area contributed by atoms with Crippen molar-refractivity contribution in [2.45, 2.75) is 13.5 Å². The second-order valence-corrected chi connectivity index (χ2v) is 4.41. The van der Waals surface area contributed by atoms with Crippen molar-refractivity contribution in [1.82, 2.24) is 5.32 Å². The van der Waals surface area contributed by atoms with Crippen molar-refractivity contribution in [3.63, 3.8) is 0 Å². The summed E-state index contributed by atoms with van der Waals surface area (Å²) in [5.41, 5.74) is 2.40. The first-order chi connectivity index (χ1) is 7.24. The third-order valence-corrected chi connectivity index (χ3v) is 2.99. The van der Waals surface area contributed by atoms with Crippen LogP contribution < -0.4 is 5.32 Å². The zero-order chi connectivity index (χ0) is 10.7. The van der Waals surface area contributed by atoms with Crippen LogP contribution in [0.15, 0.2) is 29.3 Å². The van der Waals surface area contributed by atoms with Gasteiger partial charge in [0, 0.05) is 0 Å². The average molecular weight is 220 g/mol. The predicted octanol–water partition coefficient (Wildman–Crippen LogP) is 1.71. The van der Waals surface area contributed by atoms with Gasteiger partial charge in [0.2, 0.25) is 5.91 Å². The first kappa shape index (κ1) is 10.2. The van der Waals surface area contributed by atoms with Crippen LogP contribution in [0.4, 0.5) is 0 Å². The van der Waals surface area contributed by atoms with Crippen molar-refractivity contribution in [2.75, 3.05) is 5.75 Å². The van der Waals surface area contributed by atoms with E-state index in [0.29, 0.717) is 12.3 Å². The Bertz CT molecular complexity index is 415. The number of carbonyl (C=O) groups excluding carboxylic acids is 1. The van der Waals surface area contributed by atoms with Crippen LogP contribution in [0.2, 0.25) is 0 Å². The number of rotatable bonds is 2. The summed E-state index contributed by atoms with van der Waals surface area (Å²) in [6, 6.07) is 8.22. The number of amides is 1. The molecule has 1 aliphatic rings. The van der Waals surface area contributed by atoms with Crippen LogP contribution in [0.25, 0.3) is 0 Å². The lowest BCUT2D eigenvalue weighted by Gasteiger charge is -1.99. The molecule has 2 rings (SSSR count). The molecule has 3 nitrogen and oxygen atoms in total. The molecule has 0 aromatic heterocycles. The van der Waals surface area contributed by atoms with E-state index in [1.807, 2.05) is 12.1 Å². The summed E-state index contributed by atoms with van der Waals surface area (Å²) in [6.45, 7) is 2.69. The van der Waals surface area contributed by atoms with Gasteiger partial charge in [0.15, 0.2) is 5.17 Å². The molecule has 1 amide bonds. The third kappa shape index (κ3) is 2.83. The number of aryl methyl sites for hydroxylation is 1. The Kier molecular flexibility index (Phi) is 3.06. The zero-order valence-electron chi connectivity index (χ0n) is 8.49. The van der Waals surface area contributed by atoms with Gasteiger partial charge in [-0.3, -0.25) is 9.79 Å². The summed E-state index contributed by atoms with van der Waals surface area (Å²) in [6.07, 6.45) is 0. The second-order valence-electron chi connectivity index (χ2n) is 3.45. The maximum absolute atomic E-state index is 10.9. The Labute approximate surface area is 93.0 Å². The maximum Gasteiger partial charge on any atom is 0.236 e. The Hall–Kier alpha value is -1.29. The Morgan fingerprint density at radius 3 is 3.07 bits per heavy atom. The van der Waals surface area contributed by atoms with Crippen molar-refractivity contribution in [1.29, 1.82) is 0 Å². The minimum atomic E-state index is 0.0444. The number of aliphatic imine (C=N–C) groups is 1. The van der Waals surface area contributed by atoms with E-state index in [0.717, 1.165) is 5.17 Å². The van der Waals surface area contributed by atoms with Crippen LogP contribution in [0.5, 0.6) is 0 Å². The van der Waals surface area contributed by atoms with Crippen molar-refractivity contribution in [3.8, 4) is 0 Å². The fourth-order valence-electron chi connectivity index (χ4n) is 1.38. The van der Waals surface area contributed by atoms with E-state index in [1.165, 1.54) is 22.9 Å². The minimum Gasteiger partial charge on any atom is -0.305 e. The molecule has 1 fully saturated rings. The van der Waals surface area contributed by atoms with Crippen molar-refractivity contribution in [2.24, 2.45) is 4.99 Å². The van der Waals surface area contributed by atoms with Gasteiger partial charge < -0.3 is 5.32 Å². The molecule has 0 spiro atoms. The topological polar surface area (TPSA) is 41.5 Å². The highest BCUT2D eigenvalue weighted by Crippen LogP contribution is 2.11. The lowest BCUT2D eigenvalue weighted by atomic mass is 10.1. The number of thioether (sulfide) groups is 1. The number of amidine groups is 1. The van der Waals surface area contributed by atoms with Gasteiger partial charge in [-0.1, -0.05) is 41.6 Å². The molecule has 0 aliphatic carbocycles. The van der Waals surface area contributed by atoms with Gasteiger partial charge in [-0.15, -0.1) is 0 Å². The number of nitrogens with one attached hydrogen (secondary N) is 1. The smallest absolute Gasteiger partial charge is 0.236 e. The molecule has 0 saturated carbocycles. The minimum absolute atomic E-state index is 0.0444. The van der Waals surface area contributed by atoms with Crippen LogP contribution in [-0.4, -0.2) is 16.8 Å². The highest BCUT2D eigenvalue weighted by Gasteiger charge is 2.15. The van der Waals surface area contributed by atoms with Gasteiger partial charge in [0.1, 0.15) is 0 Å². The van der Waals surface area contributed by atoms with Crippen molar-refractivity contribution < 1.29 is 4.79 Å². The van der Waals surface area contributed by atoms with Gasteiger partial charge in [-0.05, 0) is 12.5 Å². The molecule has 4 heteroatoms. The van der Waals surface area contributed by atoms with Crippen LogP contribution in [0.3, 0.4) is 0 Å². The van der Waals surface area contributed by atoms with E-state index in [1.54, 1.807) is 0 Å². The van der Waals surface area contributed by atoms with Crippen molar-refractivity contribution >= 4 is 22.8 Å². The van der Waals surface area contributed by atoms with Crippen molar-refractivity contribution in [3.05, 3.63) is 35.4 Å². The summed E-state index contributed by atoms with van der Waals surface area (Å²) in [7, 11) is 0. The maximum atomic E-state index is 10.9. The molecule has 1 aliphatic heterocycles. The molecule has 0 atom stereocenters. The number of nitrogens with zero attached hydrogens (tertiary/aromatic N) is 1. The fourth-order valence-corrected chi connectivity index (χ4v) is 2.07. The number of benzene rings is 1. The number of carbonyl (C=O) groups is 1. The molecular weight excluding hydrogens is 208 g/mol. The summed E-state index contributed by atoms with van der Waals surface area (Å²) < 4.78 is 0. The largest absolute Gasteiger partial charge is 0.305 e. The van der Waals surface area contributed by atoms with E-state index in [9.17, 15) is 4.79 Å². The number of hydrogen-bond donors (Lipinski definition) is 1. The number of hydrogen-bond acceptors (Lipinski definition) is 3. The fraction of sp³-hybridized carbons (Fsp3) is 0.273. The van der Waals surface area contributed by atoms with Gasteiger partial charge in [0.05, 0.1) is 12.3 Å². The molecule has 0 bridgehead atoms. The molecule has 1 saturated heterocycles. The second kappa shape index (κ2) is 4.49. The van der Waals surface area contributed by atoms with E-state index in [-0.39, 0.29) is 5.91 Å². The molecule has 1 aromatic carbocycles. The molecule has 1 heterocycles. The average Bonchev–Trinajstić information content (AvgIpc) is 2.62. The summed E-state index contributed by atoms with van der Waals surface area (Å²) >= 11 is 1.46. The third-order valence-electron chi connectivity index (χ3n) is 2.07. The van der Waals surface area contributed by atoms with Crippen LogP contribution in [-0.2, 0) is 11.3 Å². The quantitative estimate of drug-likeness (QED) is 0.824. The van der Waals surface area contributed by atoms with Crippen LogP contribution in [0.1, 0.15) is 11.1 Å². The highest BCUT2D eigenvalue weighted by atomic mass is 32.2. The standard InChI is InChI=1S/C11H12N2OS/c1-8-3-2-4-9(5-8)6-12-11-13-10(14)7-15-11/h2-5H,6-7H2,1H3,(H,12,13,14). The highest BCUT2D eigenvalue weighted by molar-refractivity contribution is 8.15.